The third kappa shape index (κ3) is 4.52. The molecule has 0 unspecified atom stereocenters. The van der Waals surface area contributed by atoms with Crippen LogP contribution in [0.25, 0.3) is 21.3 Å². The minimum Gasteiger partial charge on any atom is -0.494 e. The summed E-state index contributed by atoms with van der Waals surface area (Å²) in [5.74, 6) is 3.24. The van der Waals surface area contributed by atoms with E-state index in [4.69, 9.17) is 9.47 Å². The fraction of sp³-hybridized carbons (Fsp3) is 0.111. The van der Waals surface area contributed by atoms with Crippen LogP contribution in [-0.4, -0.2) is 16.6 Å². The van der Waals surface area contributed by atoms with Gasteiger partial charge in [0.2, 0.25) is 0 Å². The summed E-state index contributed by atoms with van der Waals surface area (Å²) in [4.78, 5) is 11.2. The van der Waals surface area contributed by atoms with Gasteiger partial charge >= 0.3 is 0 Å². The topological polar surface area (TPSA) is 56.3 Å². The maximum Gasteiger partial charge on any atom is 0.143 e. The third-order valence-electron chi connectivity index (χ3n) is 5.21. The van der Waals surface area contributed by atoms with Crippen LogP contribution in [0.2, 0.25) is 0 Å². The highest BCUT2D eigenvalue weighted by atomic mass is 32.1. The summed E-state index contributed by atoms with van der Waals surface area (Å²) in [5.41, 5.74) is 3.19. The monoisotopic (exact) mass is 453 g/mol. The fourth-order valence-corrected chi connectivity index (χ4v) is 4.75. The molecule has 1 N–H and O–H groups in total. The zero-order valence-electron chi connectivity index (χ0n) is 18.4. The largest absolute Gasteiger partial charge is 0.494 e. The van der Waals surface area contributed by atoms with Crippen LogP contribution >= 0.6 is 11.3 Å². The zero-order chi connectivity index (χ0) is 22.6. The van der Waals surface area contributed by atoms with Gasteiger partial charge in [-0.2, -0.15) is 0 Å². The molecule has 0 aliphatic heterocycles. The average Bonchev–Trinajstić information content (AvgIpc) is 3.18. The van der Waals surface area contributed by atoms with Crippen molar-refractivity contribution in [3.63, 3.8) is 0 Å². The van der Waals surface area contributed by atoms with E-state index < -0.39 is 0 Å². The molecule has 0 aliphatic rings. The van der Waals surface area contributed by atoms with E-state index in [0.717, 1.165) is 50.1 Å². The summed E-state index contributed by atoms with van der Waals surface area (Å²) in [5, 5.41) is 4.49. The normalized spacial score (nSPS) is 10.8. The Bertz CT molecular complexity index is 1360. The highest BCUT2D eigenvalue weighted by Crippen LogP contribution is 2.41. The molecule has 0 saturated heterocycles. The lowest BCUT2D eigenvalue weighted by molar-refractivity contribution is 0.340. The Morgan fingerprint density at radius 2 is 1.52 bits per heavy atom. The Morgan fingerprint density at radius 3 is 2.24 bits per heavy atom. The van der Waals surface area contributed by atoms with Gasteiger partial charge in [-0.3, -0.25) is 0 Å². The Kier molecular flexibility index (Phi) is 5.91. The Labute approximate surface area is 196 Å². The highest BCUT2D eigenvalue weighted by molar-refractivity contribution is 7.19. The van der Waals surface area contributed by atoms with E-state index in [1.807, 2.05) is 73.7 Å². The van der Waals surface area contributed by atoms with E-state index in [1.165, 1.54) is 4.88 Å². The van der Waals surface area contributed by atoms with Gasteiger partial charge in [-0.1, -0.05) is 30.3 Å². The quantitative estimate of drug-likeness (QED) is 0.275. The number of fused-ring (bicyclic) bond motifs is 1. The molecule has 3 aromatic carbocycles. The minimum absolute atomic E-state index is 0.650. The lowest BCUT2D eigenvalue weighted by atomic mass is 10.0. The number of ether oxygens (including phenoxy) is 2. The number of aromatic nitrogens is 2. The molecule has 0 fully saturated rings. The molecule has 0 aliphatic carbocycles. The maximum atomic E-state index is 5.90. The lowest BCUT2D eigenvalue weighted by Crippen LogP contribution is -1.96. The molecule has 0 amide bonds. The molecule has 2 heterocycles. The zero-order valence-corrected chi connectivity index (χ0v) is 19.2. The molecule has 33 heavy (non-hydrogen) atoms. The molecule has 0 spiro atoms. The number of aryl methyl sites for hydroxylation is 1. The van der Waals surface area contributed by atoms with E-state index in [-0.39, 0.29) is 0 Å². The molecule has 5 rings (SSSR count). The molecule has 0 atom stereocenters. The molecule has 5 nitrogen and oxygen atoms in total. The van der Waals surface area contributed by atoms with Crippen LogP contribution in [-0.2, 0) is 0 Å². The van der Waals surface area contributed by atoms with Crippen LogP contribution in [0.3, 0.4) is 0 Å². The fourth-order valence-electron chi connectivity index (χ4n) is 3.74. The first kappa shape index (κ1) is 21.0. The standard InChI is InChI=1S/C27H23N3O2S/c1-3-31-21-13-9-19(10-14-21)24-18(2)33-27-25(24)26(28-17-29-27)30-20-11-15-23(16-12-20)32-22-7-5-4-6-8-22/h4-17H,3H2,1-2H3,(H,28,29,30). The van der Waals surface area contributed by atoms with Gasteiger partial charge in [-0.15, -0.1) is 11.3 Å². The van der Waals surface area contributed by atoms with E-state index in [9.17, 15) is 0 Å². The number of hydrogen-bond acceptors (Lipinski definition) is 6. The second-order valence-electron chi connectivity index (χ2n) is 7.46. The SMILES string of the molecule is CCOc1ccc(-c2c(C)sc3ncnc(Nc4ccc(Oc5ccccc5)cc4)c23)cc1. The maximum absolute atomic E-state index is 5.90. The van der Waals surface area contributed by atoms with Crippen LogP contribution in [0.4, 0.5) is 11.5 Å². The van der Waals surface area contributed by atoms with Gasteiger partial charge in [0.05, 0.1) is 12.0 Å². The van der Waals surface area contributed by atoms with E-state index >= 15 is 0 Å². The van der Waals surface area contributed by atoms with Crippen molar-refractivity contribution in [2.75, 3.05) is 11.9 Å². The number of hydrogen-bond donors (Lipinski definition) is 1. The van der Waals surface area contributed by atoms with Gasteiger partial charge in [-0.05, 0) is 67.9 Å². The first-order valence-electron chi connectivity index (χ1n) is 10.8. The van der Waals surface area contributed by atoms with Gasteiger partial charge in [0.1, 0.15) is 34.2 Å². The Hall–Kier alpha value is -3.90. The van der Waals surface area contributed by atoms with Gasteiger partial charge in [0, 0.05) is 16.1 Å². The number of nitrogens with zero attached hydrogens (tertiary/aromatic N) is 2. The molecular weight excluding hydrogens is 430 g/mol. The molecule has 0 bridgehead atoms. The number of para-hydroxylation sites is 1. The van der Waals surface area contributed by atoms with Crippen molar-refractivity contribution in [2.45, 2.75) is 13.8 Å². The van der Waals surface area contributed by atoms with Gasteiger partial charge < -0.3 is 14.8 Å². The van der Waals surface area contributed by atoms with Crippen molar-refractivity contribution in [2.24, 2.45) is 0 Å². The predicted molar refractivity (Wildman–Crippen MR) is 135 cm³/mol. The number of rotatable bonds is 7. The number of thiophene rings is 1. The van der Waals surface area contributed by atoms with Gasteiger partial charge in [-0.25, -0.2) is 9.97 Å². The molecular formula is C27H23N3O2S. The molecule has 0 radical (unpaired) electrons. The van der Waals surface area contributed by atoms with Crippen LogP contribution in [0.5, 0.6) is 17.2 Å². The minimum atomic E-state index is 0.650. The van der Waals surface area contributed by atoms with Crippen molar-refractivity contribution >= 4 is 33.1 Å². The summed E-state index contributed by atoms with van der Waals surface area (Å²) in [6, 6.07) is 25.8. The summed E-state index contributed by atoms with van der Waals surface area (Å²) in [6.07, 6.45) is 1.61. The Balaban J connectivity index is 1.45. The number of nitrogens with one attached hydrogen (secondary N) is 1. The molecule has 0 saturated carbocycles. The smallest absolute Gasteiger partial charge is 0.143 e. The van der Waals surface area contributed by atoms with Crippen LogP contribution < -0.4 is 14.8 Å². The van der Waals surface area contributed by atoms with Crippen molar-refractivity contribution in [3.8, 4) is 28.4 Å². The summed E-state index contributed by atoms with van der Waals surface area (Å²) >= 11 is 1.67. The number of anilines is 2. The second kappa shape index (κ2) is 9.30. The van der Waals surface area contributed by atoms with Crippen molar-refractivity contribution in [3.05, 3.63) is 90.1 Å². The molecule has 2 aromatic heterocycles. The third-order valence-corrected chi connectivity index (χ3v) is 6.23. The molecule has 164 valence electrons. The lowest BCUT2D eigenvalue weighted by Gasteiger charge is -2.11. The second-order valence-corrected chi connectivity index (χ2v) is 8.66. The van der Waals surface area contributed by atoms with E-state index in [1.54, 1.807) is 17.7 Å². The van der Waals surface area contributed by atoms with E-state index in [2.05, 4.69) is 34.3 Å². The van der Waals surface area contributed by atoms with Gasteiger partial charge in [0.15, 0.2) is 0 Å². The molecule has 6 heteroatoms. The van der Waals surface area contributed by atoms with Crippen LogP contribution in [0.15, 0.2) is 85.2 Å². The summed E-state index contributed by atoms with van der Waals surface area (Å²) in [7, 11) is 0. The van der Waals surface area contributed by atoms with Crippen molar-refractivity contribution in [1.29, 1.82) is 0 Å². The molecule has 5 aromatic rings. The van der Waals surface area contributed by atoms with Crippen molar-refractivity contribution < 1.29 is 9.47 Å². The van der Waals surface area contributed by atoms with Crippen molar-refractivity contribution in [1.82, 2.24) is 9.97 Å². The van der Waals surface area contributed by atoms with Crippen LogP contribution in [0, 0.1) is 6.92 Å². The average molecular weight is 454 g/mol. The van der Waals surface area contributed by atoms with Gasteiger partial charge in [0.25, 0.3) is 0 Å². The van der Waals surface area contributed by atoms with Crippen LogP contribution in [0.1, 0.15) is 11.8 Å². The first-order valence-corrected chi connectivity index (χ1v) is 11.6. The van der Waals surface area contributed by atoms with E-state index in [0.29, 0.717) is 6.61 Å². The Morgan fingerprint density at radius 1 is 0.818 bits per heavy atom. The summed E-state index contributed by atoms with van der Waals surface area (Å²) < 4.78 is 11.5. The highest BCUT2D eigenvalue weighted by Gasteiger charge is 2.17. The first-order chi connectivity index (χ1) is 16.2. The number of benzene rings is 3. The summed E-state index contributed by atoms with van der Waals surface area (Å²) in [6.45, 7) is 4.76. The predicted octanol–water partition coefficient (Wildman–Crippen LogP) is 7.60.